The van der Waals surface area contributed by atoms with Crippen LogP contribution in [0.4, 0.5) is 0 Å². The standard InChI is InChI=1S/C18H22N2OS2/c1-18(2,3)14-6-4-13(5-7-14)12-15-16(21)19-17(23-15)20-8-10-22-11-9-20/h4-7,12H,8-11H2,1-3H3/b15-12-. The lowest BCUT2D eigenvalue weighted by Crippen LogP contribution is -2.35. The number of carbonyl (C=O) groups excluding carboxylic acids is 1. The molecule has 1 aromatic rings. The van der Waals surface area contributed by atoms with Crippen molar-refractivity contribution in [3.05, 3.63) is 40.3 Å². The van der Waals surface area contributed by atoms with E-state index in [0.717, 1.165) is 40.2 Å². The van der Waals surface area contributed by atoms with Crippen molar-refractivity contribution >= 4 is 40.7 Å². The molecule has 122 valence electrons. The smallest absolute Gasteiger partial charge is 0.286 e. The van der Waals surface area contributed by atoms with E-state index in [9.17, 15) is 4.79 Å². The number of amides is 1. The van der Waals surface area contributed by atoms with E-state index in [2.05, 4.69) is 54.9 Å². The Morgan fingerprint density at radius 1 is 1.13 bits per heavy atom. The lowest BCUT2D eigenvalue weighted by Gasteiger charge is -2.26. The van der Waals surface area contributed by atoms with Gasteiger partial charge in [0.15, 0.2) is 5.17 Å². The minimum Gasteiger partial charge on any atom is -0.349 e. The molecule has 2 aliphatic heterocycles. The quantitative estimate of drug-likeness (QED) is 0.720. The summed E-state index contributed by atoms with van der Waals surface area (Å²) in [6, 6.07) is 8.44. The van der Waals surface area contributed by atoms with Gasteiger partial charge in [0.1, 0.15) is 0 Å². The number of nitrogens with zero attached hydrogens (tertiary/aromatic N) is 2. The summed E-state index contributed by atoms with van der Waals surface area (Å²) in [7, 11) is 0. The number of thioether (sulfide) groups is 2. The molecule has 0 aromatic heterocycles. The molecular weight excluding hydrogens is 324 g/mol. The molecule has 0 spiro atoms. The molecule has 0 atom stereocenters. The van der Waals surface area contributed by atoms with Crippen LogP contribution in [-0.2, 0) is 10.2 Å². The number of carbonyl (C=O) groups is 1. The summed E-state index contributed by atoms with van der Waals surface area (Å²) in [5, 5.41) is 0.868. The van der Waals surface area contributed by atoms with Gasteiger partial charge in [-0.2, -0.15) is 16.8 Å². The molecular formula is C18H22N2OS2. The highest BCUT2D eigenvalue weighted by Gasteiger charge is 2.27. The number of rotatable bonds is 1. The lowest BCUT2D eigenvalue weighted by molar-refractivity contribution is -0.113. The molecule has 0 saturated carbocycles. The molecule has 3 nitrogen and oxygen atoms in total. The summed E-state index contributed by atoms with van der Waals surface area (Å²) in [5.41, 5.74) is 2.50. The SMILES string of the molecule is CC(C)(C)c1ccc(/C=C2\SC(N3CCSCC3)=NC2=O)cc1. The van der Waals surface area contributed by atoms with Gasteiger partial charge >= 0.3 is 0 Å². The monoisotopic (exact) mass is 346 g/mol. The highest BCUT2D eigenvalue weighted by Crippen LogP contribution is 2.31. The van der Waals surface area contributed by atoms with Crippen molar-refractivity contribution in [2.45, 2.75) is 26.2 Å². The number of hydrogen-bond acceptors (Lipinski definition) is 4. The fraction of sp³-hybridized carbons (Fsp3) is 0.444. The Morgan fingerprint density at radius 2 is 1.78 bits per heavy atom. The van der Waals surface area contributed by atoms with E-state index in [1.165, 1.54) is 17.3 Å². The summed E-state index contributed by atoms with van der Waals surface area (Å²) in [6.07, 6.45) is 1.95. The predicted molar refractivity (Wildman–Crippen MR) is 102 cm³/mol. The molecule has 1 fully saturated rings. The van der Waals surface area contributed by atoms with Gasteiger partial charge in [0.05, 0.1) is 4.91 Å². The fourth-order valence-corrected chi connectivity index (χ4v) is 4.39. The summed E-state index contributed by atoms with van der Waals surface area (Å²) in [4.78, 5) is 19.3. The Labute approximate surface area is 146 Å². The molecule has 1 aromatic carbocycles. The fourth-order valence-electron chi connectivity index (χ4n) is 2.52. The van der Waals surface area contributed by atoms with Crippen molar-refractivity contribution in [1.82, 2.24) is 4.90 Å². The minimum absolute atomic E-state index is 0.108. The number of benzene rings is 1. The molecule has 1 saturated heterocycles. The molecule has 3 rings (SSSR count). The van der Waals surface area contributed by atoms with Gasteiger partial charge in [-0.1, -0.05) is 45.0 Å². The summed E-state index contributed by atoms with van der Waals surface area (Å²) < 4.78 is 0. The van der Waals surface area contributed by atoms with Gasteiger partial charge in [-0.05, 0) is 34.4 Å². The largest absolute Gasteiger partial charge is 0.349 e. The second-order valence-electron chi connectivity index (χ2n) is 6.78. The van der Waals surface area contributed by atoms with E-state index in [-0.39, 0.29) is 11.3 Å². The van der Waals surface area contributed by atoms with E-state index in [1.807, 2.05) is 17.8 Å². The van der Waals surface area contributed by atoms with E-state index < -0.39 is 0 Å². The predicted octanol–water partition coefficient (Wildman–Crippen LogP) is 4.00. The van der Waals surface area contributed by atoms with Crippen LogP contribution in [0.1, 0.15) is 31.9 Å². The van der Waals surface area contributed by atoms with E-state index in [4.69, 9.17) is 0 Å². The van der Waals surface area contributed by atoms with Gasteiger partial charge in [-0.25, -0.2) is 0 Å². The molecule has 0 bridgehead atoms. The second-order valence-corrected chi connectivity index (χ2v) is 9.02. The number of hydrogen-bond donors (Lipinski definition) is 0. The Bertz CT molecular complexity index is 651. The van der Waals surface area contributed by atoms with Crippen LogP contribution in [0.25, 0.3) is 6.08 Å². The topological polar surface area (TPSA) is 32.7 Å². The first kappa shape index (κ1) is 16.7. The third-order valence-electron chi connectivity index (χ3n) is 3.97. The van der Waals surface area contributed by atoms with Crippen LogP contribution in [0.2, 0.25) is 0 Å². The molecule has 23 heavy (non-hydrogen) atoms. The zero-order valence-corrected chi connectivity index (χ0v) is 15.5. The van der Waals surface area contributed by atoms with Gasteiger partial charge in [0.2, 0.25) is 0 Å². The van der Waals surface area contributed by atoms with Gasteiger partial charge in [-0.3, -0.25) is 4.79 Å². The van der Waals surface area contributed by atoms with E-state index >= 15 is 0 Å². The minimum atomic E-state index is -0.108. The molecule has 5 heteroatoms. The van der Waals surface area contributed by atoms with Crippen molar-refractivity contribution in [3.63, 3.8) is 0 Å². The first-order chi connectivity index (χ1) is 10.9. The average molecular weight is 347 g/mol. The molecule has 0 unspecified atom stereocenters. The van der Waals surface area contributed by atoms with E-state index in [0.29, 0.717) is 0 Å². The third kappa shape index (κ3) is 4.01. The number of amidine groups is 1. The zero-order chi connectivity index (χ0) is 16.4. The van der Waals surface area contributed by atoms with Crippen molar-refractivity contribution in [1.29, 1.82) is 0 Å². The molecule has 0 N–H and O–H groups in total. The van der Waals surface area contributed by atoms with Crippen molar-refractivity contribution in [2.24, 2.45) is 4.99 Å². The Kier molecular flexibility index (Phi) is 4.87. The van der Waals surface area contributed by atoms with Crippen molar-refractivity contribution in [2.75, 3.05) is 24.6 Å². The maximum Gasteiger partial charge on any atom is 0.286 e. The third-order valence-corrected chi connectivity index (χ3v) is 5.95. The summed E-state index contributed by atoms with van der Waals surface area (Å²) in [6.45, 7) is 8.57. The molecule has 2 heterocycles. The molecule has 1 amide bonds. The Hall–Kier alpha value is -1.20. The van der Waals surface area contributed by atoms with Crippen molar-refractivity contribution < 1.29 is 4.79 Å². The van der Waals surface area contributed by atoms with Gasteiger partial charge < -0.3 is 4.90 Å². The first-order valence-corrected chi connectivity index (χ1v) is 9.86. The maximum absolute atomic E-state index is 12.1. The second kappa shape index (κ2) is 6.73. The van der Waals surface area contributed by atoms with Crippen LogP contribution in [0, 0.1) is 0 Å². The highest BCUT2D eigenvalue weighted by atomic mass is 32.2. The van der Waals surface area contributed by atoms with Crippen LogP contribution in [0.5, 0.6) is 0 Å². The Balaban J connectivity index is 1.72. The van der Waals surface area contributed by atoms with Crippen LogP contribution < -0.4 is 0 Å². The van der Waals surface area contributed by atoms with Gasteiger partial charge in [0.25, 0.3) is 5.91 Å². The zero-order valence-electron chi connectivity index (χ0n) is 13.8. The molecule has 0 aliphatic carbocycles. The number of aliphatic imine (C=N–C) groups is 1. The molecule has 0 radical (unpaired) electrons. The summed E-state index contributed by atoms with van der Waals surface area (Å²) in [5.74, 6) is 2.12. The maximum atomic E-state index is 12.1. The van der Waals surface area contributed by atoms with Crippen molar-refractivity contribution in [3.8, 4) is 0 Å². The van der Waals surface area contributed by atoms with Gasteiger partial charge in [0, 0.05) is 24.6 Å². The molecule has 2 aliphatic rings. The van der Waals surface area contributed by atoms with Crippen LogP contribution in [-0.4, -0.2) is 40.6 Å². The Morgan fingerprint density at radius 3 is 2.39 bits per heavy atom. The highest BCUT2D eigenvalue weighted by molar-refractivity contribution is 8.18. The first-order valence-electron chi connectivity index (χ1n) is 7.89. The normalized spacial score (nSPS) is 21.0. The lowest BCUT2D eigenvalue weighted by atomic mass is 9.87. The van der Waals surface area contributed by atoms with E-state index in [1.54, 1.807) is 0 Å². The average Bonchev–Trinajstić information content (AvgIpc) is 2.89. The summed E-state index contributed by atoms with van der Waals surface area (Å²) >= 11 is 3.47. The van der Waals surface area contributed by atoms with Crippen LogP contribution in [0.15, 0.2) is 34.2 Å². The van der Waals surface area contributed by atoms with Crippen LogP contribution >= 0.6 is 23.5 Å². The van der Waals surface area contributed by atoms with Crippen LogP contribution in [0.3, 0.4) is 0 Å². The van der Waals surface area contributed by atoms with Gasteiger partial charge in [-0.15, -0.1) is 0 Å².